The second kappa shape index (κ2) is 4.94. The van der Waals surface area contributed by atoms with Gasteiger partial charge in [-0.2, -0.15) is 0 Å². The summed E-state index contributed by atoms with van der Waals surface area (Å²) in [7, 11) is 3.61. The summed E-state index contributed by atoms with van der Waals surface area (Å²) < 4.78 is 0. The van der Waals surface area contributed by atoms with Crippen LogP contribution >= 0.6 is 0 Å². The van der Waals surface area contributed by atoms with Crippen LogP contribution in [0.3, 0.4) is 0 Å². The first-order valence-corrected chi connectivity index (χ1v) is 5.02. The van der Waals surface area contributed by atoms with Crippen molar-refractivity contribution < 1.29 is 4.79 Å². The number of rotatable bonds is 3. The smallest absolute Gasteiger partial charge is 0.238 e. The first kappa shape index (κ1) is 11.7. The molecular weight excluding hydrogens is 188 g/mol. The van der Waals surface area contributed by atoms with E-state index in [2.05, 4.69) is 18.4 Å². The molecule has 82 valence electrons. The zero-order valence-electron chi connectivity index (χ0n) is 9.79. The molecule has 0 aliphatic heterocycles. The lowest BCUT2D eigenvalue weighted by Gasteiger charge is -2.12. The number of benzene rings is 1. The predicted molar refractivity (Wildman–Crippen MR) is 61.4 cm³/mol. The molecule has 1 aromatic carbocycles. The van der Waals surface area contributed by atoms with E-state index in [1.54, 1.807) is 19.1 Å². The van der Waals surface area contributed by atoms with Crippen molar-refractivity contribution in [3.63, 3.8) is 0 Å². The second-order valence-electron chi connectivity index (χ2n) is 4.04. The fraction of sp³-hybridized carbons (Fsp3) is 0.417. The molecular formula is C12H18N2O. The van der Waals surface area contributed by atoms with E-state index in [0.29, 0.717) is 6.42 Å². The highest BCUT2D eigenvalue weighted by molar-refractivity contribution is 5.78. The normalized spacial score (nSPS) is 10.5. The standard InChI is InChI=1S/C12H18N2O/c1-9-5-6-11(10(2)7-9)8-12(15)13-14(3)4/h5-7H,8H2,1-4H3,(H,13,15). The lowest BCUT2D eigenvalue weighted by atomic mass is 10.0. The quantitative estimate of drug-likeness (QED) is 0.759. The molecule has 3 heteroatoms. The highest BCUT2D eigenvalue weighted by Gasteiger charge is 2.06. The van der Waals surface area contributed by atoms with Crippen LogP contribution in [0.15, 0.2) is 18.2 Å². The third kappa shape index (κ3) is 3.72. The molecule has 0 saturated carbocycles. The molecule has 0 saturated heterocycles. The molecule has 0 atom stereocenters. The first-order valence-electron chi connectivity index (χ1n) is 5.02. The van der Waals surface area contributed by atoms with Crippen molar-refractivity contribution in [1.29, 1.82) is 0 Å². The van der Waals surface area contributed by atoms with E-state index in [1.807, 2.05) is 19.1 Å². The molecule has 1 aromatic rings. The van der Waals surface area contributed by atoms with Crippen LogP contribution in [-0.4, -0.2) is 25.0 Å². The molecule has 0 aliphatic carbocycles. The van der Waals surface area contributed by atoms with Gasteiger partial charge in [-0.05, 0) is 25.0 Å². The average molecular weight is 206 g/mol. The van der Waals surface area contributed by atoms with Gasteiger partial charge in [-0.3, -0.25) is 10.2 Å². The highest BCUT2D eigenvalue weighted by Crippen LogP contribution is 2.10. The molecule has 0 radical (unpaired) electrons. The molecule has 1 rings (SSSR count). The molecule has 1 N–H and O–H groups in total. The summed E-state index contributed by atoms with van der Waals surface area (Å²) in [4.78, 5) is 11.5. The van der Waals surface area contributed by atoms with Crippen molar-refractivity contribution in [2.75, 3.05) is 14.1 Å². The Balaban J connectivity index is 2.68. The van der Waals surface area contributed by atoms with Gasteiger partial charge < -0.3 is 0 Å². The third-order valence-electron chi connectivity index (χ3n) is 2.20. The number of carbonyl (C=O) groups excluding carboxylic acids is 1. The minimum atomic E-state index is 0.0203. The molecule has 0 fully saturated rings. The van der Waals surface area contributed by atoms with Crippen molar-refractivity contribution in [3.05, 3.63) is 34.9 Å². The van der Waals surface area contributed by atoms with E-state index in [-0.39, 0.29) is 5.91 Å². The summed E-state index contributed by atoms with van der Waals surface area (Å²) in [5.41, 5.74) is 6.21. The van der Waals surface area contributed by atoms with E-state index in [0.717, 1.165) is 5.56 Å². The van der Waals surface area contributed by atoms with Crippen LogP contribution in [-0.2, 0) is 11.2 Å². The maximum Gasteiger partial charge on any atom is 0.238 e. The Hall–Kier alpha value is -1.35. The average Bonchev–Trinajstić information content (AvgIpc) is 2.08. The molecule has 3 nitrogen and oxygen atoms in total. The number of carbonyl (C=O) groups is 1. The van der Waals surface area contributed by atoms with Crippen LogP contribution in [0.4, 0.5) is 0 Å². The summed E-state index contributed by atoms with van der Waals surface area (Å²) in [5.74, 6) is 0.0203. The van der Waals surface area contributed by atoms with Crippen molar-refractivity contribution in [1.82, 2.24) is 10.4 Å². The van der Waals surface area contributed by atoms with Gasteiger partial charge in [0.25, 0.3) is 0 Å². The molecule has 0 spiro atoms. The van der Waals surface area contributed by atoms with Crippen molar-refractivity contribution >= 4 is 5.91 Å². The van der Waals surface area contributed by atoms with E-state index in [4.69, 9.17) is 0 Å². The van der Waals surface area contributed by atoms with E-state index in [1.165, 1.54) is 11.1 Å². The number of nitrogens with one attached hydrogen (secondary N) is 1. The number of hydrogen-bond acceptors (Lipinski definition) is 2. The summed E-state index contributed by atoms with van der Waals surface area (Å²) in [6.45, 7) is 4.09. The second-order valence-corrected chi connectivity index (χ2v) is 4.04. The Labute approximate surface area is 91.1 Å². The van der Waals surface area contributed by atoms with Crippen LogP contribution in [0.5, 0.6) is 0 Å². The fourth-order valence-electron chi connectivity index (χ4n) is 1.51. The van der Waals surface area contributed by atoms with E-state index >= 15 is 0 Å². The third-order valence-corrected chi connectivity index (χ3v) is 2.20. The molecule has 0 aromatic heterocycles. The van der Waals surface area contributed by atoms with Crippen LogP contribution in [0.2, 0.25) is 0 Å². The van der Waals surface area contributed by atoms with Crippen LogP contribution in [0.1, 0.15) is 16.7 Å². The van der Waals surface area contributed by atoms with Gasteiger partial charge in [-0.25, -0.2) is 5.01 Å². The summed E-state index contributed by atoms with van der Waals surface area (Å²) >= 11 is 0. The van der Waals surface area contributed by atoms with Gasteiger partial charge in [0.05, 0.1) is 6.42 Å². The maximum absolute atomic E-state index is 11.5. The molecule has 15 heavy (non-hydrogen) atoms. The summed E-state index contributed by atoms with van der Waals surface area (Å²) in [5, 5.41) is 1.66. The lowest BCUT2D eigenvalue weighted by Crippen LogP contribution is -2.37. The maximum atomic E-state index is 11.5. The molecule has 0 bridgehead atoms. The predicted octanol–water partition coefficient (Wildman–Crippen LogP) is 1.44. The number of hydrazine groups is 1. The van der Waals surface area contributed by atoms with Crippen molar-refractivity contribution in [3.8, 4) is 0 Å². The van der Waals surface area contributed by atoms with Gasteiger partial charge in [-0.15, -0.1) is 0 Å². The SMILES string of the molecule is Cc1ccc(CC(=O)NN(C)C)c(C)c1. The van der Waals surface area contributed by atoms with Gasteiger partial charge in [0.2, 0.25) is 5.91 Å². The fourth-order valence-corrected chi connectivity index (χ4v) is 1.51. The summed E-state index contributed by atoms with van der Waals surface area (Å²) in [6, 6.07) is 6.14. The topological polar surface area (TPSA) is 32.3 Å². The molecule has 1 amide bonds. The van der Waals surface area contributed by atoms with Gasteiger partial charge in [0.1, 0.15) is 0 Å². The van der Waals surface area contributed by atoms with Gasteiger partial charge >= 0.3 is 0 Å². The zero-order chi connectivity index (χ0) is 11.4. The molecule has 0 aliphatic rings. The molecule has 0 unspecified atom stereocenters. The number of aryl methyl sites for hydroxylation is 2. The first-order chi connectivity index (χ1) is 6.99. The van der Waals surface area contributed by atoms with Gasteiger partial charge in [0, 0.05) is 14.1 Å². The minimum Gasteiger partial charge on any atom is -0.289 e. The molecule has 0 heterocycles. The Bertz CT molecular complexity index is 359. The van der Waals surface area contributed by atoms with E-state index < -0.39 is 0 Å². The Morgan fingerprint density at radius 1 is 1.33 bits per heavy atom. The Morgan fingerprint density at radius 3 is 2.53 bits per heavy atom. The van der Waals surface area contributed by atoms with Crippen molar-refractivity contribution in [2.24, 2.45) is 0 Å². The Kier molecular flexibility index (Phi) is 3.86. The number of nitrogens with zero attached hydrogens (tertiary/aromatic N) is 1. The van der Waals surface area contributed by atoms with Gasteiger partial charge in [-0.1, -0.05) is 23.8 Å². The largest absolute Gasteiger partial charge is 0.289 e. The van der Waals surface area contributed by atoms with Crippen LogP contribution < -0.4 is 5.43 Å². The van der Waals surface area contributed by atoms with Crippen molar-refractivity contribution in [2.45, 2.75) is 20.3 Å². The summed E-state index contributed by atoms with van der Waals surface area (Å²) in [6.07, 6.45) is 0.435. The van der Waals surface area contributed by atoms with Crippen LogP contribution in [0.25, 0.3) is 0 Å². The monoisotopic (exact) mass is 206 g/mol. The highest BCUT2D eigenvalue weighted by atomic mass is 16.2. The van der Waals surface area contributed by atoms with Crippen LogP contribution in [0, 0.1) is 13.8 Å². The zero-order valence-corrected chi connectivity index (χ0v) is 9.79. The number of amides is 1. The minimum absolute atomic E-state index is 0.0203. The lowest BCUT2D eigenvalue weighted by molar-refractivity contribution is -0.124. The van der Waals surface area contributed by atoms with Gasteiger partial charge in [0.15, 0.2) is 0 Å². The number of hydrogen-bond donors (Lipinski definition) is 1. The van der Waals surface area contributed by atoms with E-state index in [9.17, 15) is 4.79 Å². The Morgan fingerprint density at radius 2 is 2.00 bits per heavy atom.